The molecule has 0 saturated carbocycles. The highest BCUT2D eigenvalue weighted by atomic mass is 35.5. The number of halogens is 5. The molecule has 15 heavy (non-hydrogen) atoms. The van der Waals surface area contributed by atoms with E-state index in [1.165, 1.54) is 0 Å². The Morgan fingerprint density at radius 1 is 1.40 bits per heavy atom. The molecule has 0 spiro atoms. The number of benzene rings is 1. The predicted octanol–water partition coefficient (Wildman–Crippen LogP) is 2.91. The van der Waals surface area contributed by atoms with Crippen LogP contribution in [0.2, 0.25) is 0 Å². The van der Waals surface area contributed by atoms with Gasteiger partial charge in [-0.15, -0.1) is 0 Å². The Morgan fingerprint density at radius 2 is 2.00 bits per heavy atom. The summed E-state index contributed by atoms with van der Waals surface area (Å²) in [5, 5.41) is -3.72. The molecular weight excluding hydrogens is 238 g/mol. The molecule has 1 rings (SSSR count). The van der Waals surface area contributed by atoms with E-state index < -0.39 is 23.3 Å². The molecule has 0 aliphatic rings. The van der Waals surface area contributed by atoms with E-state index in [2.05, 4.69) is 4.74 Å². The SMILES string of the molecule is Nc1ccc(F)cc1OC(F)(Cl)C(F)F. The molecule has 0 bridgehead atoms. The van der Waals surface area contributed by atoms with Gasteiger partial charge < -0.3 is 10.5 Å². The van der Waals surface area contributed by atoms with Crippen molar-refractivity contribution in [1.82, 2.24) is 0 Å². The highest BCUT2D eigenvalue weighted by molar-refractivity contribution is 6.22. The van der Waals surface area contributed by atoms with Gasteiger partial charge in [0.2, 0.25) is 0 Å². The molecule has 1 unspecified atom stereocenters. The summed E-state index contributed by atoms with van der Waals surface area (Å²) in [5.74, 6) is -1.38. The molecule has 0 radical (unpaired) electrons. The van der Waals surface area contributed by atoms with Crippen LogP contribution in [0.5, 0.6) is 5.75 Å². The van der Waals surface area contributed by atoms with Gasteiger partial charge in [0.15, 0.2) is 5.75 Å². The normalized spacial score (nSPS) is 15.1. The number of alkyl halides is 4. The van der Waals surface area contributed by atoms with Crippen molar-refractivity contribution in [3.8, 4) is 5.75 Å². The third kappa shape index (κ3) is 2.89. The molecule has 0 aromatic heterocycles. The van der Waals surface area contributed by atoms with Gasteiger partial charge in [-0.3, -0.25) is 0 Å². The first kappa shape index (κ1) is 11.9. The molecule has 1 aromatic carbocycles. The summed E-state index contributed by atoms with van der Waals surface area (Å²) in [6.07, 6.45) is -3.58. The second-order valence-corrected chi connectivity index (χ2v) is 3.16. The summed E-state index contributed by atoms with van der Waals surface area (Å²) in [6, 6.07) is 2.68. The Hall–Kier alpha value is -1.17. The monoisotopic (exact) mass is 243 g/mol. The minimum atomic E-state index is -3.72. The van der Waals surface area contributed by atoms with Gasteiger partial charge in [-0.05, 0) is 23.7 Å². The van der Waals surface area contributed by atoms with Crippen LogP contribution in [0, 0.1) is 5.82 Å². The first-order valence-corrected chi connectivity index (χ1v) is 4.10. The second-order valence-electron chi connectivity index (χ2n) is 2.65. The van der Waals surface area contributed by atoms with Crippen LogP contribution >= 0.6 is 11.6 Å². The Morgan fingerprint density at radius 3 is 2.53 bits per heavy atom. The van der Waals surface area contributed by atoms with Gasteiger partial charge in [0, 0.05) is 6.07 Å². The number of anilines is 1. The Balaban J connectivity index is 2.94. The Kier molecular flexibility index (Phi) is 3.28. The summed E-state index contributed by atoms with van der Waals surface area (Å²) in [7, 11) is 0. The minimum Gasteiger partial charge on any atom is -0.439 e. The molecule has 0 aliphatic heterocycles. The zero-order valence-electron chi connectivity index (χ0n) is 7.18. The van der Waals surface area contributed by atoms with E-state index in [4.69, 9.17) is 17.3 Å². The van der Waals surface area contributed by atoms with Gasteiger partial charge in [0.25, 0.3) is 0 Å². The van der Waals surface area contributed by atoms with Crippen LogP contribution in [-0.2, 0) is 0 Å². The zero-order chi connectivity index (χ0) is 11.6. The van der Waals surface area contributed by atoms with Crippen molar-refractivity contribution in [2.24, 2.45) is 0 Å². The van der Waals surface area contributed by atoms with E-state index in [0.29, 0.717) is 6.07 Å². The van der Waals surface area contributed by atoms with Gasteiger partial charge in [-0.2, -0.15) is 4.39 Å². The van der Waals surface area contributed by atoms with Crippen molar-refractivity contribution in [3.05, 3.63) is 24.0 Å². The third-order valence-corrected chi connectivity index (χ3v) is 1.72. The average molecular weight is 244 g/mol. The van der Waals surface area contributed by atoms with Crippen molar-refractivity contribution >= 4 is 17.3 Å². The lowest BCUT2D eigenvalue weighted by Crippen LogP contribution is -2.32. The maximum atomic E-state index is 12.8. The van der Waals surface area contributed by atoms with Crippen molar-refractivity contribution < 1.29 is 22.3 Å². The van der Waals surface area contributed by atoms with Crippen LogP contribution in [0.1, 0.15) is 0 Å². The standard InChI is InChI=1S/C8H6ClF4NO/c9-8(13,7(11)12)15-6-3-4(10)1-2-5(6)14/h1-3,7H,14H2. The number of nitrogens with two attached hydrogens (primary N) is 1. The highest BCUT2D eigenvalue weighted by Gasteiger charge is 2.41. The van der Waals surface area contributed by atoms with Gasteiger partial charge in [0.1, 0.15) is 5.82 Å². The summed E-state index contributed by atoms with van der Waals surface area (Å²) in [6.45, 7) is 0. The molecule has 2 nitrogen and oxygen atoms in total. The average Bonchev–Trinajstić information content (AvgIpc) is 2.10. The minimum absolute atomic E-state index is 0.195. The van der Waals surface area contributed by atoms with Crippen LogP contribution in [0.15, 0.2) is 18.2 Å². The molecule has 1 atom stereocenters. The topological polar surface area (TPSA) is 35.2 Å². The molecule has 0 aliphatic carbocycles. The van der Waals surface area contributed by atoms with E-state index in [0.717, 1.165) is 12.1 Å². The third-order valence-electron chi connectivity index (χ3n) is 1.48. The molecule has 0 saturated heterocycles. The summed E-state index contributed by atoms with van der Waals surface area (Å²) in [5.41, 5.74) is 5.04. The maximum absolute atomic E-state index is 12.8. The highest BCUT2D eigenvalue weighted by Crippen LogP contribution is 2.33. The van der Waals surface area contributed by atoms with E-state index in [-0.39, 0.29) is 5.69 Å². The second kappa shape index (κ2) is 4.14. The van der Waals surface area contributed by atoms with Crippen molar-refractivity contribution in [2.45, 2.75) is 11.7 Å². The van der Waals surface area contributed by atoms with Crippen LogP contribution in [-0.4, -0.2) is 11.7 Å². The Bertz CT molecular complexity index is 358. The predicted molar refractivity (Wildman–Crippen MR) is 47.1 cm³/mol. The number of rotatable bonds is 3. The smallest absolute Gasteiger partial charge is 0.388 e. The largest absolute Gasteiger partial charge is 0.439 e. The number of hydrogen-bond acceptors (Lipinski definition) is 2. The lowest BCUT2D eigenvalue weighted by molar-refractivity contribution is -0.102. The van der Waals surface area contributed by atoms with Crippen LogP contribution in [0.25, 0.3) is 0 Å². The molecule has 1 aromatic rings. The molecule has 0 heterocycles. The fourth-order valence-corrected chi connectivity index (χ4v) is 0.871. The van der Waals surface area contributed by atoms with Crippen molar-refractivity contribution in [3.63, 3.8) is 0 Å². The first-order valence-electron chi connectivity index (χ1n) is 3.73. The molecule has 0 fully saturated rings. The molecule has 84 valence electrons. The van der Waals surface area contributed by atoms with E-state index in [1.54, 1.807) is 0 Å². The van der Waals surface area contributed by atoms with Gasteiger partial charge in [-0.1, -0.05) is 0 Å². The van der Waals surface area contributed by atoms with Gasteiger partial charge >= 0.3 is 11.7 Å². The molecule has 2 N–H and O–H groups in total. The van der Waals surface area contributed by atoms with Crippen LogP contribution in [0.4, 0.5) is 23.2 Å². The molecular formula is C8H6ClF4NO. The molecule has 0 amide bonds. The molecule has 7 heteroatoms. The fourth-order valence-electron chi connectivity index (χ4n) is 0.788. The quantitative estimate of drug-likeness (QED) is 0.503. The zero-order valence-corrected chi connectivity index (χ0v) is 7.94. The van der Waals surface area contributed by atoms with Crippen molar-refractivity contribution in [1.29, 1.82) is 0 Å². The number of nitrogen functional groups attached to an aromatic ring is 1. The van der Waals surface area contributed by atoms with Gasteiger partial charge in [0.05, 0.1) is 5.69 Å². The maximum Gasteiger partial charge on any atom is 0.388 e. The lowest BCUT2D eigenvalue weighted by Gasteiger charge is -2.19. The van der Waals surface area contributed by atoms with Crippen LogP contribution < -0.4 is 10.5 Å². The van der Waals surface area contributed by atoms with Crippen LogP contribution in [0.3, 0.4) is 0 Å². The van der Waals surface area contributed by atoms with E-state index in [9.17, 15) is 17.6 Å². The fraction of sp³-hybridized carbons (Fsp3) is 0.250. The van der Waals surface area contributed by atoms with Gasteiger partial charge in [-0.25, -0.2) is 13.2 Å². The first-order chi connectivity index (χ1) is 6.83. The summed E-state index contributed by atoms with van der Waals surface area (Å²) in [4.78, 5) is 0. The number of hydrogen-bond donors (Lipinski definition) is 1. The summed E-state index contributed by atoms with van der Waals surface area (Å²) < 4.78 is 53.4. The van der Waals surface area contributed by atoms with E-state index in [1.807, 2.05) is 0 Å². The van der Waals surface area contributed by atoms with Crippen molar-refractivity contribution in [2.75, 3.05) is 5.73 Å². The summed E-state index contributed by atoms with van der Waals surface area (Å²) >= 11 is 4.71. The number of ether oxygens (including phenoxy) is 1. The lowest BCUT2D eigenvalue weighted by atomic mass is 10.3. The van der Waals surface area contributed by atoms with E-state index >= 15 is 0 Å². The Labute approximate surface area is 87.6 Å².